The number of rotatable bonds is 5. The second kappa shape index (κ2) is 5.97. The van der Waals surface area contributed by atoms with Crippen LogP contribution in [0.2, 0.25) is 0 Å². The smallest absolute Gasteiger partial charge is 0.261 e. The van der Waals surface area contributed by atoms with Crippen molar-refractivity contribution < 1.29 is 13.2 Å². The van der Waals surface area contributed by atoms with E-state index >= 15 is 0 Å². The van der Waals surface area contributed by atoms with Crippen LogP contribution in [0.4, 0.5) is 0 Å². The molecule has 0 heterocycles. The largest absolute Gasteiger partial charge is 0.350 e. The second-order valence-electron chi connectivity index (χ2n) is 5.91. The van der Waals surface area contributed by atoms with Gasteiger partial charge in [-0.1, -0.05) is 12.8 Å². The van der Waals surface area contributed by atoms with Crippen LogP contribution in [0.1, 0.15) is 47.7 Å². The lowest BCUT2D eigenvalue weighted by atomic mass is 10.0. The van der Waals surface area contributed by atoms with E-state index in [0.29, 0.717) is 11.1 Å². The monoisotopic (exact) mass is 329 g/mol. The Bertz CT molecular complexity index is 666. The topological polar surface area (TPSA) is 63.2 Å². The summed E-state index contributed by atoms with van der Waals surface area (Å²) in [5.74, 6) is 0.464. The van der Waals surface area contributed by atoms with E-state index in [2.05, 4.69) is 5.32 Å². The Morgan fingerprint density at radius 2 is 2.00 bits per heavy atom. The van der Waals surface area contributed by atoms with Crippen LogP contribution in [0.15, 0.2) is 17.0 Å². The van der Waals surface area contributed by atoms with Crippen molar-refractivity contribution in [2.75, 3.05) is 0 Å². The third kappa shape index (κ3) is 4.20. The molecule has 21 heavy (non-hydrogen) atoms. The minimum absolute atomic E-state index is 0.00385. The first-order valence-corrected chi connectivity index (χ1v) is 9.36. The molecule has 6 heteroatoms. The van der Waals surface area contributed by atoms with E-state index in [1.165, 1.54) is 18.9 Å². The van der Waals surface area contributed by atoms with Crippen LogP contribution in [-0.2, 0) is 9.05 Å². The van der Waals surface area contributed by atoms with Gasteiger partial charge in [0, 0.05) is 22.3 Å². The molecule has 0 spiro atoms. The van der Waals surface area contributed by atoms with Crippen LogP contribution in [0.3, 0.4) is 0 Å². The number of carbonyl (C=O) groups is 1. The molecule has 1 aromatic rings. The lowest BCUT2D eigenvalue weighted by molar-refractivity contribution is 0.0937. The maximum absolute atomic E-state index is 12.3. The lowest BCUT2D eigenvalue weighted by Gasteiger charge is -2.15. The third-order valence-corrected chi connectivity index (χ3v) is 5.35. The number of benzene rings is 1. The highest BCUT2D eigenvalue weighted by molar-refractivity contribution is 8.13. The van der Waals surface area contributed by atoms with Crippen molar-refractivity contribution in [3.63, 3.8) is 0 Å². The third-order valence-electron chi connectivity index (χ3n) is 3.91. The van der Waals surface area contributed by atoms with Gasteiger partial charge in [0.2, 0.25) is 0 Å². The van der Waals surface area contributed by atoms with E-state index < -0.39 is 9.05 Å². The van der Waals surface area contributed by atoms with E-state index in [-0.39, 0.29) is 16.8 Å². The molecule has 1 N–H and O–H groups in total. The molecule has 0 aliphatic heterocycles. The summed E-state index contributed by atoms with van der Waals surface area (Å²) in [6.07, 6.45) is 3.44. The van der Waals surface area contributed by atoms with Crippen molar-refractivity contribution in [3.8, 4) is 0 Å². The minimum Gasteiger partial charge on any atom is -0.350 e. The number of nitrogens with one attached hydrogen (secondary N) is 1. The molecule has 116 valence electrons. The second-order valence-corrected chi connectivity index (χ2v) is 8.44. The summed E-state index contributed by atoms with van der Waals surface area (Å²) in [5.41, 5.74) is 1.64. The van der Waals surface area contributed by atoms with Crippen molar-refractivity contribution in [1.29, 1.82) is 0 Å². The zero-order valence-corrected chi connectivity index (χ0v) is 14.0. The molecule has 1 amide bonds. The summed E-state index contributed by atoms with van der Waals surface area (Å²) in [6.45, 7) is 5.42. The van der Waals surface area contributed by atoms with Gasteiger partial charge in [0.1, 0.15) is 0 Å². The molecule has 0 bridgehead atoms. The van der Waals surface area contributed by atoms with Gasteiger partial charge < -0.3 is 5.32 Å². The van der Waals surface area contributed by atoms with E-state index in [1.807, 2.05) is 6.92 Å². The van der Waals surface area contributed by atoms with Crippen molar-refractivity contribution in [2.45, 2.75) is 51.0 Å². The molecule has 0 radical (unpaired) electrons. The molecule has 4 nitrogen and oxygen atoms in total. The molecule has 0 saturated heterocycles. The highest BCUT2D eigenvalue weighted by atomic mass is 35.7. The number of hydrogen-bond acceptors (Lipinski definition) is 3. The molecule has 1 fully saturated rings. The summed E-state index contributed by atoms with van der Waals surface area (Å²) in [7, 11) is 1.58. The van der Waals surface area contributed by atoms with Gasteiger partial charge >= 0.3 is 0 Å². The number of amides is 1. The van der Waals surface area contributed by atoms with Crippen molar-refractivity contribution in [3.05, 3.63) is 28.8 Å². The van der Waals surface area contributed by atoms with Gasteiger partial charge in [0.15, 0.2) is 0 Å². The molecule has 1 aromatic carbocycles. The summed E-state index contributed by atoms with van der Waals surface area (Å²) >= 11 is 0. The fraction of sp³-hybridized carbons (Fsp3) is 0.533. The van der Waals surface area contributed by atoms with Gasteiger partial charge in [0.05, 0.1) is 4.90 Å². The van der Waals surface area contributed by atoms with Gasteiger partial charge in [-0.3, -0.25) is 4.79 Å². The Morgan fingerprint density at radius 3 is 2.52 bits per heavy atom. The maximum atomic E-state index is 12.3. The van der Waals surface area contributed by atoms with Crippen molar-refractivity contribution in [2.24, 2.45) is 5.92 Å². The average Bonchev–Trinajstić information content (AvgIpc) is 3.14. The fourth-order valence-corrected chi connectivity index (χ4v) is 3.71. The summed E-state index contributed by atoms with van der Waals surface area (Å²) < 4.78 is 23.2. The molecule has 1 saturated carbocycles. The number of aryl methyl sites for hydroxylation is 1. The number of hydrogen-bond donors (Lipinski definition) is 1. The van der Waals surface area contributed by atoms with Crippen LogP contribution in [0, 0.1) is 19.8 Å². The Balaban J connectivity index is 2.22. The molecule has 0 aromatic heterocycles. The molecule has 1 atom stereocenters. The molecule has 1 unspecified atom stereocenters. The van der Waals surface area contributed by atoms with Gasteiger partial charge in [-0.2, -0.15) is 0 Å². The van der Waals surface area contributed by atoms with E-state index in [4.69, 9.17) is 10.7 Å². The van der Waals surface area contributed by atoms with Crippen LogP contribution in [0.25, 0.3) is 0 Å². The number of carbonyl (C=O) groups excluding carboxylic acids is 1. The van der Waals surface area contributed by atoms with Gasteiger partial charge in [0.25, 0.3) is 15.0 Å². The zero-order chi connectivity index (χ0) is 15.8. The summed E-state index contributed by atoms with van der Waals surface area (Å²) in [5, 5.41) is 2.92. The first-order chi connectivity index (χ1) is 9.68. The fourth-order valence-electron chi connectivity index (χ4n) is 2.43. The Morgan fingerprint density at radius 1 is 1.38 bits per heavy atom. The van der Waals surface area contributed by atoms with Gasteiger partial charge in [-0.05, 0) is 56.4 Å². The zero-order valence-electron chi connectivity index (χ0n) is 12.4. The summed E-state index contributed by atoms with van der Waals surface area (Å²) in [4.78, 5) is 12.3. The quantitative estimate of drug-likeness (QED) is 0.844. The first-order valence-electron chi connectivity index (χ1n) is 7.05. The predicted molar refractivity (Wildman–Crippen MR) is 83.2 cm³/mol. The molecule has 2 rings (SSSR count). The van der Waals surface area contributed by atoms with E-state index in [9.17, 15) is 13.2 Å². The number of halogens is 1. The first kappa shape index (κ1) is 16.3. The Hall–Kier alpha value is -1.07. The van der Waals surface area contributed by atoms with Crippen LogP contribution < -0.4 is 5.32 Å². The van der Waals surface area contributed by atoms with Crippen LogP contribution in [-0.4, -0.2) is 20.4 Å². The SMILES string of the molecule is Cc1cc(C(=O)NC(C)CC2CC2)cc(S(=O)(=O)Cl)c1C. The van der Waals surface area contributed by atoms with E-state index in [1.54, 1.807) is 19.9 Å². The average molecular weight is 330 g/mol. The lowest BCUT2D eigenvalue weighted by Crippen LogP contribution is -2.33. The predicted octanol–water partition coefficient (Wildman–Crippen LogP) is 3.15. The normalized spacial score (nSPS) is 16.6. The Labute approximate surface area is 130 Å². The standard InChI is InChI=1S/C15H20ClNO3S/c1-9-6-13(8-14(11(9)3)21(16,19)20)15(18)17-10(2)7-12-4-5-12/h6,8,10,12H,4-5,7H2,1-3H3,(H,17,18). The van der Waals surface area contributed by atoms with Crippen LogP contribution >= 0.6 is 10.7 Å². The van der Waals surface area contributed by atoms with E-state index in [0.717, 1.165) is 17.9 Å². The molecular weight excluding hydrogens is 310 g/mol. The highest BCUT2D eigenvalue weighted by Gasteiger charge is 2.25. The highest BCUT2D eigenvalue weighted by Crippen LogP contribution is 2.33. The minimum atomic E-state index is -3.86. The Kier molecular flexibility index (Phi) is 4.63. The molecule has 1 aliphatic carbocycles. The van der Waals surface area contributed by atoms with Crippen LogP contribution in [0.5, 0.6) is 0 Å². The molecular formula is C15H20ClNO3S. The van der Waals surface area contributed by atoms with Gasteiger partial charge in [-0.15, -0.1) is 0 Å². The van der Waals surface area contributed by atoms with Crippen molar-refractivity contribution >= 4 is 25.6 Å². The van der Waals surface area contributed by atoms with Crippen molar-refractivity contribution in [1.82, 2.24) is 5.32 Å². The maximum Gasteiger partial charge on any atom is 0.261 e. The summed E-state index contributed by atoms with van der Waals surface area (Å²) in [6, 6.07) is 3.13. The van der Waals surface area contributed by atoms with Gasteiger partial charge in [-0.25, -0.2) is 8.42 Å². The molecule has 1 aliphatic rings.